The summed E-state index contributed by atoms with van der Waals surface area (Å²) in [5, 5.41) is 0.799. The Morgan fingerprint density at radius 3 is 2.50 bits per heavy atom. The smallest absolute Gasteiger partial charge is 0.255 e. The van der Waals surface area contributed by atoms with Gasteiger partial charge in [-0.15, -0.1) is 0 Å². The number of amides is 1. The van der Waals surface area contributed by atoms with Crippen LogP contribution in [0.4, 0.5) is 4.39 Å². The zero-order chi connectivity index (χ0) is 17.1. The van der Waals surface area contributed by atoms with Crippen LogP contribution >= 0.6 is 23.2 Å². The molecule has 0 saturated carbocycles. The number of piperazine rings is 1. The average molecular weight is 368 g/mol. The zero-order valence-corrected chi connectivity index (χ0v) is 14.4. The largest absolute Gasteiger partial charge is 0.336 e. The lowest BCUT2D eigenvalue weighted by atomic mass is 10.1. The monoisotopic (exact) mass is 367 g/mol. The van der Waals surface area contributed by atoms with E-state index in [-0.39, 0.29) is 11.7 Å². The van der Waals surface area contributed by atoms with E-state index in [4.69, 9.17) is 23.2 Å². The molecule has 0 atom stereocenters. The molecule has 0 aliphatic carbocycles. The number of rotatable bonds is 3. The van der Waals surface area contributed by atoms with Gasteiger partial charge in [-0.05, 0) is 29.8 Å². The van der Waals surface area contributed by atoms with Crippen LogP contribution in [0.1, 0.15) is 15.9 Å². The molecular weight excluding hydrogens is 352 g/mol. The third-order valence-corrected chi connectivity index (χ3v) is 4.62. The number of nitrogens with zero attached hydrogens (tertiary/aromatic N) is 3. The fourth-order valence-corrected chi connectivity index (χ4v) is 3.02. The third kappa shape index (κ3) is 4.04. The van der Waals surface area contributed by atoms with Crippen LogP contribution in [0, 0.1) is 5.82 Å². The number of benzene rings is 1. The second-order valence-corrected chi connectivity index (χ2v) is 6.47. The van der Waals surface area contributed by atoms with Gasteiger partial charge in [-0.1, -0.05) is 29.3 Å². The van der Waals surface area contributed by atoms with Crippen LogP contribution in [0.25, 0.3) is 0 Å². The molecule has 0 spiro atoms. The minimum absolute atomic E-state index is 0.0429. The Morgan fingerprint density at radius 1 is 1.12 bits per heavy atom. The molecule has 0 bridgehead atoms. The lowest BCUT2D eigenvalue weighted by Gasteiger charge is -2.34. The highest BCUT2D eigenvalue weighted by Gasteiger charge is 2.22. The van der Waals surface area contributed by atoms with Crippen LogP contribution < -0.4 is 0 Å². The Morgan fingerprint density at radius 2 is 1.88 bits per heavy atom. The van der Waals surface area contributed by atoms with Crippen molar-refractivity contribution in [2.45, 2.75) is 6.54 Å². The van der Waals surface area contributed by atoms with Gasteiger partial charge < -0.3 is 4.90 Å². The first kappa shape index (κ1) is 17.1. The first-order valence-electron chi connectivity index (χ1n) is 7.60. The molecule has 4 nitrogen and oxygen atoms in total. The third-order valence-electron chi connectivity index (χ3n) is 4.04. The molecule has 24 heavy (non-hydrogen) atoms. The van der Waals surface area contributed by atoms with E-state index < -0.39 is 0 Å². The standard InChI is InChI=1S/C17H16Cl2FN3O/c18-15-9-14(20)3-1-13(15)11-22-5-7-23(8-6-22)17(24)12-2-4-16(19)21-10-12/h1-4,9-10H,5-8,11H2. The first-order valence-corrected chi connectivity index (χ1v) is 8.35. The van der Waals surface area contributed by atoms with E-state index in [2.05, 4.69) is 9.88 Å². The molecule has 1 amide bonds. The Labute approximate surface area is 149 Å². The molecule has 126 valence electrons. The van der Waals surface area contributed by atoms with E-state index in [1.54, 1.807) is 23.1 Å². The highest BCUT2D eigenvalue weighted by atomic mass is 35.5. The highest BCUT2D eigenvalue weighted by Crippen LogP contribution is 2.20. The quantitative estimate of drug-likeness (QED) is 0.779. The molecule has 2 aromatic rings. The summed E-state index contributed by atoms with van der Waals surface area (Å²) in [6.07, 6.45) is 1.50. The van der Waals surface area contributed by atoms with E-state index in [0.29, 0.717) is 35.4 Å². The van der Waals surface area contributed by atoms with Crippen molar-refractivity contribution in [2.75, 3.05) is 26.2 Å². The van der Waals surface area contributed by atoms with Gasteiger partial charge >= 0.3 is 0 Å². The fourth-order valence-electron chi connectivity index (χ4n) is 2.68. The molecule has 1 aliphatic heterocycles. The number of carbonyl (C=O) groups is 1. The Bertz CT molecular complexity index is 731. The van der Waals surface area contributed by atoms with Crippen LogP contribution in [-0.2, 0) is 6.54 Å². The molecule has 0 radical (unpaired) electrons. The number of aromatic nitrogens is 1. The summed E-state index contributed by atoms with van der Waals surface area (Å²) in [7, 11) is 0. The Balaban J connectivity index is 1.57. The molecule has 1 aromatic carbocycles. The van der Waals surface area contributed by atoms with Crippen molar-refractivity contribution < 1.29 is 9.18 Å². The van der Waals surface area contributed by atoms with Gasteiger partial charge in [0.15, 0.2) is 0 Å². The summed E-state index contributed by atoms with van der Waals surface area (Å²) in [6, 6.07) is 7.73. The fraction of sp³-hybridized carbons (Fsp3) is 0.294. The molecule has 1 aromatic heterocycles. The van der Waals surface area contributed by atoms with Crippen molar-refractivity contribution in [3.8, 4) is 0 Å². The van der Waals surface area contributed by atoms with Crippen molar-refractivity contribution in [1.82, 2.24) is 14.8 Å². The summed E-state index contributed by atoms with van der Waals surface area (Å²) in [4.78, 5) is 20.4. The molecule has 7 heteroatoms. The van der Waals surface area contributed by atoms with Crippen LogP contribution in [0.2, 0.25) is 10.2 Å². The Kier molecular flexibility index (Phi) is 5.33. The van der Waals surface area contributed by atoms with E-state index in [0.717, 1.165) is 18.7 Å². The molecular formula is C17H16Cl2FN3O. The summed E-state index contributed by atoms with van der Waals surface area (Å²) >= 11 is 11.8. The summed E-state index contributed by atoms with van der Waals surface area (Å²) in [6.45, 7) is 3.37. The van der Waals surface area contributed by atoms with Gasteiger partial charge in [0.25, 0.3) is 5.91 Å². The van der Waals surface area contributed by atoms with E-state index in [1.165, 1.54) is 18.3 Å². The van der Waals surface area contributed by atoms with E-state index in [1.807, 2.05) is 0 Å². The lowest BCUT2D eigenvalue weighted by Crippen LogP contribution is -2.48. The predicted molar refractivity (Wildman–Crippen MR) is 91.8 cm³/mol. The van der Waals surface area contributed by atoms with Crippen molar-refractivity contribution in [2.24, 2.45) is 0 Å². The minimum Gasteiger partial charge on any atom is -0.336 e. The maximum absolute atomic E-state index is 13.1. The van der Waals surface area contributed by atoms with E-state index >= 15 is 0 Å². The van der Waals surface area contributed by atoms with Crippen LogP contribution in [0.15, 0.2) is 36.5 Å². The molecule has 1 fully saturated rings. The van der Waals surface area contributed by atoms with Crippen LogP contribution in [0.3, 0.4) is 0 Å². The number of hydrogen-bond acceptors (Lipinski definition) is 3. The maximum Gasteiger partial charge on any atom is 0.255 e. The second kappa shape index (κ2) is 7.47. The van der Waals surface area contributed by atoms with Gasteiger partial charge in [-0.25, -0.2) is 9.37 Å². The molecule has 0 N–H and O–H groups in total. The second-order valence-electron chi connectivity index (χ2n) is 5.67. The number of carbonyl (C=O) groups excluding carboxylic acids is 1. The molecule has 1 saturated heterocycles. The normalized spacial score (nSPS) is 15.5. The van der Waals surface area contributed by atoms with Crippen molar-refractivity contribution in [3.05, 3.63) is 63.6 Å². The number of pyridine rings is 1. The molecule has 3 rings (SSSR count). The molecule has 1 aliphatic rings. The van der Waals surface area contributed by atoms with Gasteiger partial charge in [0.1, 0.15) is 11.0 Å². The lowest BCUT2D eigenvalue weighted by molar-refractivity contribution is 0.0628. The SMILES string of the molecule is O=C(c1ccc(Cl)nc1)N1CCN(Cc2ccc(F)cc2Cl)CC1. The minimum atomic E-state index is -0.337. The summed E-state index contributed by atoms with van der Waals surface area (Å²) in [5.74, 6) is -0.380. The van der Waals surface area contributed by atoms with Crippen molar-refractivity contribution in [1.29, 1.82) is 0 Å². The number of hydrogen-bond donors (Lipinski definition) is 0. The van der Waals surface area contributed by atoms with Gasteiger partial charge in [0.05, 0.1) is 5.56 Å². The predicted octanol–water partition coefficient (Wildman–Crippen LogP) is 3.49. The zero-order valence-electron chi connectivity index (χ0n) is 12.9. The van der Waals surface area contributed by atoms with Gasteiger partial charge in [0.2, 0.25) is 0 Å². The maximum atomic E-state index is 13.1. The van der Waals surface area contributed by atoms with Crippen LogP contribution in [0.5, 0.6) is 0 Å². The highest BCUT2D eigenvalue weighted by molar-refractivity contribution is 6.31. The van der Waals surface area contributed by atoms with Gasteiger partial charge in [-0.2, -0.15) is 0 Å². The van der Waals surface area contributed by atoms with Crippen molar-refractivity contribution in [3.63, 3.8) is 0 Å². The average Bonchev–Trinajstić information content (AvgIpc) is 2.58. The summed E-state index contributed by atoms with van der Waals surface area (Å²) in [5.41, 5.74) is 1.43. The van der Waals surface area contributed by atoms with Crippen LogP contribution in [-0.4, -0.2) is 46.9 Å². The van der Waals surface area contributed by atoms with Gasteiger partial charge in [-0.3, -0.25) is 9.69 Å². The first-order chi connectivity index (χ1) is 11.5. The topological polar surface area (TPSA) is 36.4 Å². The molecule has 0 unspecified atom stereocenters. The van der Waals surface area contributed by atoms with Crippen molar-refractivity contribution >= 4 is 29.1 Å². The number of halogens is 3. The van der Waals surface area contributed by atoms with Gasteiger partial charge in [0, 0.05) is 43.9 Å². The Hall–Kier alpha value is -1.69. The van der Waals surface area contributed by atoms with E-state index in [9.17, 15) is 9.18 Å². The summed E-state index contributed by atoms with van der Waals surface area (Å²) < 4.78 is 13.1. The molecule has 2 heterocycles.